The number of pyridine rings is 1. The van der Waals surface area contributed by atoms with E-state index in [2.05, 4.69) is 11.1 Å². The zero-order valence-electron chi connectivity index (χ0n) is 17.6. The maximum absolute atomic E-state index is 10.1. The number of benzene rings is 1. The zero-order chi connectivity index (χ0) is 22.2. The standard InChI is InChI=1S/C24H22ClN5O/c1-15-11-18(13-20(25)27-15)21-22(17-6-4-5-16(12-17)14-26)29-30-10-8-19(28-23(21)30)7-9-24(2,3)31/h4-6,8,10-13,31H,7,9H2,1-3H3. The van der Waals surface area contributed by atoms with Crippen LogP contribution >= 0.6 is 11.6 Å². The minimum Gasteiger partial charge on any atom is -0.390 e. The predicted molar refractivity (Wildman–Crippen MR) is 121 cm³/mol. The van der Waals surface area contributed by atoms with Crippen molar-refractivity contribution < 1.29 is 5.11 Å². The minimum absolute atomic E-state index is 0.393. The van der Waals surface area contributed by atoms with Crippen molar-refractivity contribution in [3.63, 3.8) is 0 Å². The summed E-state index contributed by atoms with van der Waals surface area (Å²) in [7, 11) is 0. The van der Waals surface area contributed by atoms with Crippen LogP contribution in [0.15, 0.2) is 48.7 Å². The number of aliphatic hydroxyl groups is 1. The van der Waals surface area contributed by atoms with Gasteiger partial charge in [-0.3, -0.25) is 0 Å². The molecule has 0 atom stereocenters. The van der Waals surface area contributed by atoms with E-state index in [1.54, 1.807) is 30.5 Å². The van der Waals surface area contributed by atoms with Crippen molar-refractivity contribution >= 4 is 17.2 Å². The Morgan fingerprint density at radius 3 is 2.65 bits per heavy atom. The first-order valence-electron chi connectivity index (χ1n) is 9.99. The molecule has 156 valence electrons. The van der Waals surface area contributed by atoms with E-state index in [0.29, 0.717) is 34.9 Å². The predicted octanol–water partition coefficient (Wildman–Crippen LogP) is 5.00. The highest BCUT2D eigenvalue weighted by Gasteiger charge is 2.20. The van der Waals surface area contributed by atoms with Crippen LogP contribution in [0.5, 0.6) is 0 Å². The molecule has 1 N–H and O–H groups in total. The highest BCUT2D eigenvalue weighted by molar-refractivity contribution is 6.29. The van der Waals surface area contributed by atoms with Crippen LogP contribution in [0.1, 0.15) is 37.2 Å². The summed E-state index contributed by atoms with van der Waals surface area (Å²) in [5.74, 6) is 0. The van der Waals surface area contributed by atoms with Crippen molar-refractivity contribution in [2.75, 3.05) is 0 Å². The lowest BCUT2D eigenvalue weighted by Gasteiger charge is -2.16. The number of fused-ring (bicyclic) bond motifs is 1. The molecule has 0 radical (unpaired) electrons. The zero-order valence-corrected chi connectivity index (χ0v) is 18.4. The van der Waals surface area contributed by atoms with Crippen molar-refractivity contribution in [2.45, 2.75) is 39.2 Å². The van der Waals surface area contributed by atoms with Crippen LogP contribution in [-0.2, 0) is 6.42 Å². The maximum atomic E-state index is 10.1. The first kappa shape index (κ1) is 21.0. The Morgan fingerprint density at radius 1 is 1.13 bits per heavy atom. The largest absolute Gasteiger partial charge is 0.390 e. The van der Waals surface area contributed by atoms with E-state index in [0.717, 1.165) is 28.1 Å². The van der Waals surface area contributed by atoms with Gasteiger partial charge < -0.3 is 5.11 Å². The molecule has 4 rings (SSSR count). The molecule has 1 aromatic carbocycles. The van der Waals surface area contributed by atoms with Crippen LogP contribution in [0.4, 0.5) is 0 Å². The summed E-state index contributed by atoms with van der Waals surface area (Å²) in [5, 5.41) is 24.6. The number of halogens is 1. The third-order valence-corrected chi connectivity index (χ3v) is 5.21. The van der Waals surface area contributed by atoms with E-state index >= 15 is 0 Å². The van der Waals surface area contributed by atoms with Crippen LogP contribution in [0, 0.1) is 18.3 Å². The molecule has 3 heterocycles. The van der Waals surface area contributed by atoms with Crippen molar-refractivity contribution in [1.29, 1.82) is 5.26 Å². The molecule has 7 heteroatoms. The fourth-order valence-corrected chi connectivity index (χ4v) is 3.77. The van der Waals surface area contributed by atoms with Gasteiger partial charge in [0.15, 0.2) is 5.65 Å². The molecule has 0 saturated heterocycles. The summed E-state index contributed by atoms with van der Waals surface area (Å²) < 4.78 is 1.74. The molecule has 3 aromatic heterocycles. The van der Waals surface area contributed by atoms with Gasteiger partial charge in [0.1, 0.15) is 10.8 Å². The summed E-state index contributed by atoms with van der Waals surface area (Å²) in [6.45, 7) is 5.47. The summed E-state index contributed by atoms with van der Waals surface area (Å²) in [6, 6.07) is 15.2. The molecule has 0 fully saturated rings. The van der Waals surface area contributed by atoms with E-state index in [4.69, 9.17) is 21.7 Å². The summed E-state index contributed by atoms with van der Waals surface area (Å²) >= 11 is 6.27. The van der Waals surface area contributed by atoms with Gasteiger partial charge in [0.05, 0.1) is 22.8 Å². The van der Waals surface area contributed by atoms with Crippen LogP contribution in [0.25, 0.3) is 28.0 Å². The third-order valence-electron chi connectivity index (χ3n) is 5.01. The molecule has 0 aliphatic heterocycles. The normalized spacial score (nSPS) is 11.6. The van der Waals surface area contributed by atoms with Gasteiger partial charge in [0, 0.05) is 23.1 Å². The number of aromatic nitrogens is 4. The van der Waals surface area contributed by atoms with Gasteiger partial charge in [-0.1, -0.05) is 23.7 Å². The van der Waals surface area contributed by atoms with Crippen LogP contribution < -0.4 is 0 Å². The van der Waals surface area contributed by atoms with Crippen molar-refractivity contribution in [3.05, 3.63) is 70.8 Å². The molecule has 31 heavy (non-hydrogen) atoms. The lowest BCUT2D eigenvalue weighted by atomic mass is 9.99. The first-order valence-corrected chi connectivity index (χ1v) is 10.4. The minimum atomic E-state index is -0.768. The molecule has 0 amide bonds. The van der Waals surface area contributed by atoms with E-state index in [9.17, 15) is 10.4 Å². The Balaban J connectivity index is 1.95. The second-order valence-corrected chi connectivity index (χ2v) is 8.62. The van der Waals surface area contributed by atoms with Gasteiger partial charge in [0.2, 0.25) is 0 Å². The molecular weight excluding hydrogens is 410 g/mol. The monoisotopic (exact) mass is 431 g/mol. The fraction of sp³-hybridized carbons (Fsp3) is 0.250. The third kappa shape index (κ3) is 4.58. The average molecular weight is 432 g/mol. The maximum Gasteiger partial charge on any atom is 0.163 e. The summed E-state index contributed by atoms with van der Waals surface area (Å²) in [4.78, 5) is 9.14. The number of hydrogen-bond donors (Lipinski definition) is 1. The molecule has 0 aliphatic carbocycles. The number of hydrogen-bond acceptors (Lipinski definition) is 5. The lowest BCUT2D eigenvalue weighted by molar-refractivity contribution is 0.0711. The van der Waals surface area contributed by atoms with E-state index < -0.39 is 5.60 Å². The van der Waals surface area contributed by atoms with Crippen LogP contribution in [0.2, 0.25) is 5.15 Å². The van der Waals surface area contributed by atoms with E-state index in [1.807, 2.05) is 43.5 Å². The highest BCUT2D eigenvalue weighted by atomic mass is 35.5. The van der Waals surface area contributed by atoms with E-state index in [-0.39, 0.29) is 0 Å². The Labute approximate surface area is 185 Å². The van der Waals surface area contributed by atoms with Gasteiger partial charge in [-0.2, -0.15) is 10.4 Å². The van der Waals surface area contributed by atoms with Crippen molar-refractivity contribution in [3.8, 4) is 28.5 Å². The second kappa shape index (κ2) is 8.10. The number of rotatable bonds is 5. The van der Waals surface area contributed by atoms with Crippen molar-refractivity contribution in [2.24, 2.45) is 0 Å². The molecule has 0 bridgehead atoms. The van der Waals surface area contributed by atoms with Gasteiger partial charge in [-0.25, -0.2) is 14.5 Å². The number of nitrogens with zero attached hydrogens (tertiary/aromatic N) is 5. The van der Waals surface area contributed by atoms with Crippen molar-refractivity contribution in [1.82, 2.24) is 19.6 Å². The van der Waals surface area contributed by atoms with Gasteiger partial charge in [0.25, 0.3) is 0 Å². The smallest absolute Gasteiger partial charge is 0.163 e. The number of aryl methyl sites for hydroxylation is 2. The Morgan fingerprint density at radius 2 is 1.94 bits per heavy atom. The van der Waals surface area contributed by atoms with Gasteiger partial charge >= 0.3 is 0 Å². The molecule has 4 aromatic rings. The van der Waals surface area contributed by atoms with Crippen LogP contribution in [0.3, 0.4) is 0 Å². The lowest BCUT2D eigenvalue weighted by Crippen LogP contribution is -2.19. The molecule has 0 spiro atoms. The SMILES string of the molecule is Cc1cc(-c2c(-c3cccc(C#N)c3)nn3ccc(CCC(C)(C)O)nc23)cc(Cl)n1. The molecule has 6 nitrogen and oxygen atoms in total. The Hall–Kier alpha value is -3.27. The van der Waals surface area contributed by atoms with E-state index in [1.165, 1.54) is 0 Å². The quantitative estimate of drug-likeness (QED) is 0.449. The number of nitriles is 1. The molecule has 0 unspecified atom stereocenters. The summed E-state index contributed by atoms with van der Waals surface area (Å²) in [6.07, 6.45) is 3.11. The van der Waals surface area contributed by atoms with Gasteiger partial charge in [-0.15, -0.1) is 0 Å². The highest BCUT2D eigenvalue weighted by Crippen LogP contribution is 2.36. The Bertz CT molecular complexity index is 1290. The molecular formula is C24H22ClN5O. The topological polar surface area (TPSA) is 87.1 Å². The van der Waals surface area contributed by atoms with Crippen LogP contribution in [-0.4, -0.2) is 30.3 Å². The fourth-order valence-electron chi connectivity index (χ4n) is 3.52. The molecule has 0 saturated carbocycles. The first-order chi connectivity index (χ1) is 14.7. The Kier molecular flexibility index (Phi) is 5.48. The average Bonchev–Trinajstić information content (AvgIpc) is 3.10. The second-order valence-electron chi connectivity index (χ2n) is 8.24. The summed E-state index contributed by atoms with van der Waals surface area (Å²) in [5.41, 5.74) is 5.35. The molecule has 0 aliphatic rings. The van der Waals surface area contributed by atoms with Gasteiger partial charge in [-0.05, 0) is 69.5 Å².